The van der Waals surface area contributed by atoms with Crippen LogP contribution >= 0.6 is 27.3 Å². The van der Waals surface area contributed by atoms with Crippen LogP contribution in [0.3, 0.4) is 0 Å². The van der Waals surface area contributed by atoms with Crippen LogP contribution in [0.5, 0.6) is 0 Å². The zero-order valence-electron chi connectivity index (χ0n) is 11.3. The average Bonchev–Trinajstić information content (AvgIpc) is 3.25. The number of rotatable bonds is 3. The van der Waals surface area contributed by atoms with E-state index >= 15 is 0 Å². The molecule has 0 atom stereocenters. The summed E-state index contributed by atoms with van der Waals surface area (Å²) in [7, 11) is 0. The van der Waals surface area contributed by atoms with Crippen molar-refractivity contribution < 1.29 is 0 Å². The molecule has 1 fully saturated rings. The van der Waals surface area contributed by atoms with Gasteiger partial charge in [0.2, 0.25) is 0 Å². The summed E-state index contributed by atoms with van der Waals surface area (Å²) in [5.41, 5.74) is 4.79. The van der Waals surface area contributed by atoms with Crippen molar-refractivity contribution in [1.29, 1.82) is 0 Å². The maximum Gasteiger partial charge on any atom is 0.125 e. The van der Waals surface area contributed by atoms with E-state index in [1.807, 2.05) is 24.5 Å². The van der Waals surface area contributed by atoms with Crippen molar-refractivity contribution in [3.8, 4) is 21.8 Å². The molecule has 0 bridgehead atoms. The minimum atomic E-state index is 0.711. The lowest BCUT2D eigenvalue weighted by atomic mass is 10.1. The third-order valence-electron chi connectivity index (χ3n) is 3.75. The summed E-state index contributed by atoms with van der Waals surface area (Å²) in [6, 6.07) is 10.4. The van der Waals surface area contributed by atoms with Crippen LogP contribution < -0.4 is 0 Å². The molecule has 3 aromatic rings. The average molecular weight is 357 g/mol. The van der Waals surface area contributed by atoms with Gasteiger partial charge in [0.1, 0.15) is 5.01 Å². The summed E-state index contributed by atoms with van der Waals surface area (Å²) >= 11 is 5.16. The standard InChI is InChI=1S/C17H13BrN2S/c18-13-5-3-12(4-6-13)16-10-21-17(20-16)15-9-19-8-7-14(15)11-1-2-11/h3-11H,1-2H2. The first-order valence-electron chi connectivity index (χ1n) is 6.97. The molecule has 2 aromatic heterocycles. The number of benzene rings is 1. The van der Waals surface area contributed by atoms with Crippen LogP contribution in [0.1, 0.15) is 24.3 Å². The molecule has 0 N–H and O–H groups in total. The Morgan fingerprint density at radius 3 is 2.67 bits per heavy atom. The molecule has 1 aliphatic rings. The Bertz CT molecular complexity index is 775. The third-order valence-corrected chi connectivity index (χ3v) is 5.15. The predicted octanol–water partition coefficient (Wildman–Crippen LogP) is 5.51. The lowest BCUT2D eigenvalue weighted by Gasteiger charge is -2.04. The molecule has 21 heavy (non-hydrogen) atoms. The van der Waals surface area contributed by atoms with E-state index in [2.05, 4.69) is 44.5 Å². The number of hydrogen-bond acceptors (Lipinski definition) is 3. The molecule has 2 heterocycles. The van der Waals surface area contributed by atoms with Gasteiger partial charge in [0.25, 0.3) is 0 Å². The summed E-state index contributed by atoms with van der Waals surface area (Å²) in [4.78, 5) is 9.10. The lowest BCUT2D eigenvalue weighted by molar-refractivity contribution is 1.11. The highest BCUT2D eigenvalue weighted by molar-refractivity contribution is 9.10. The Morgan fingerprint density at radius 2 is 1.90 bits per heavy atom. The zero-order valence-corrected chi connectivity index (χ0v) is 13.7. The summed E-state index contributed by atoms with van der Waals surface area (Å²) in [5.74, 6) is 0.711. The van der Waals surface area contributed by atoms with E-state index < -0.39 is 0 Å². The molecule has 104 valence electrons. The predicted molar refractivity (Wildman–Crippen MR) is 90.5 cm³/mol. The quantitative estimate of drug-likeness (QED) is 0.618. The lowest BCUT2D eigenvalue weighted by Crippen LogP contribution is -1.88. The fourth-order valence-corrected chi connectivity index (χ4v) is 3.61. The maximum atomic E-state index is 4.81. The number of hydrogen-bond donors (Lipinski definition) is 0. The van der Waals surface area contributed by atoms with E-state index in [4.69, 9.17) is 4.98 Å². The number of nitrogens with zero attached hydrogens (tertiary/aromatic N) is 2. The normalized spacial score (nSPS) is 14.3. The van der Waals surface area contributed by atoms with Gasteiger partial charge in [-0.15, -0.1) is 11.3 Å². The van der Waals surface area contributed by atoms with Crippen molar-refractivity contribution in [2.45, 2.75) is 18.8 Å². The molecule has 1 aliphatic carbocycles. The van der Waals surface area contributed by atoms with E-state index in [1.165, 1.54) is 24.0 Å². The molecule has 2 nitrogen and oxygen atoms in total. The number of aromatic nitrogens is 2. The van der Waals surface area contributed by atoms with Crippen molar-refractivity contribution >= 4 is 27.3 Å². The Morgan fingerprint density at radius 1 is 1.10 bits per heavy atom. The van der Waals surface area contributed by atoms with Crippen LogP contribution in [0, 0.1) is 0 Å². The van der Waals surface area contributed by atoms with Crippen molar-refractivity contribution in [2.24, 2.45) is 0 Å². The largest absolute Gasteiger partial charge is 0.264 e. The van der Waals surface area contributed by atoms with E-state index in [1.54, 1.807) is 11.3 Å². The van der Waals surface area contributed by atoms with Crippen molar-refractivity contribution in [2.75, 3.05) is 0 Å². The maximum absolute atomic E-state index is 4.81. The SMILES string of the molecule is Brc1ccc(-c2csc(-c3cnccc3C3CC3)n2)cc1. The van der Waals surface area contributed by atoms with E-state index in [-0.39, 0.29) is 0 Å². The van der Waals surface area contributed by atoms with Crippen molar-refractivity contribution in [3.05, 3.63) is 58.1 Å². The minimum Gasteiger partial charge on any atom is -0.264 e. The summed E-state index contributed by atoms with van der Waals surface area (Å²) in [5, 5.41) is 3.20. The molecular formula is C17H13BrN2S. The Hall–Kier alpha value is -1.52. The summed E-state index contributed by atoms with van der Waals surface area (Å²) in [6.07, 6.45) is 6.43. The fraction of sp³-hybridized carbons (Fsp3) is 0.176. The second-order valence-corrected chi connectivity index (χ2v) is 7.06. The molecule has 0 saturated heterocycles. The smallest absolute Gasteiger partial charge is 0.125 e. The molecule has 1 saturated carbocycles. The molecule has 4 rings (SSSR count). The molecule has 1 aromatic carbocycles. The molecule has 0 radical (unpaired) electrons. The Balaban J connectivity index is 1.73. The molecule has 0 aliphatic heterocycles. The molecule has 4 heteroatoms. The monoisotopic (exact) mass is 356 g/mol. The first-order chi connectivity index (χ1) is 10.3. The second-order valence-electron chi connectivity index (χ2n) is 5.28. The Kier molecular flexibility index (Phi) is 3.36. The van der Waals surface area contributed by atoms with Gasteiger partial charge in [0.05, 0.1) is 5.69 Å². The number of pyridine rings is 1. The molecule has 0 unspecified atom stereocenters. The van der Waals surface area contributed by atoms with E-state index in [9.17, 15) is 0 Å². The van der Waals surface area contributed by atoms with Gasteiger partial charge in [-0.05, 0) is 42.5 Å². The summed E-state index contributed by atoms with van der Waals surface area (Å²) in [6.45, 7) is 0. The second kappa shape index (κ2) is 5.35. The highest BCUT2D eigenvalue weighted by atomic mass is 79.9. The van der Waals surface area contributed by atoms with Gasteiger partial charge in [0, 0.05) is 33.4 Å². The number of halogens is 1. The van der Waals surface area contributed by atoms with E-state index in [0.717, 1.165) is 20.7 Å². The van der Waals surface area contributed by atoms with Gasteiger partial charge in [0.15, 0.2) is 0 Å². The topological polar surface area (TPSA) is 25.8 Å². The molecular weight excluding hydrogens is 344 g/mol. The van der Waals surface area contributed by atoms with Gasteiger partial charge in [-0.3, -0.25) is 4.98 Å². The van der Waals surface area contributed by atoms with Crippen LogP contribution in [-0.4, -0.2) is 9.97 Å². The van der Waals surface area contributed by atoms with Gasteiger partial charge in [-0.2, -0.15) is 0 Å². The van der Waals surface area contributed by atoms with Crippen LogP contribution in [0.25, 0.3) is 21.8 Å². The van der Waals surface area contributed by atoms with Gasteiger partial charge >= 0.3 is 0 Å². The minimum absolute atomic E-state index is 0.711. The molecule has 0 spiro atoms. The van der Waals surface area contributed by atoms with Gasteiger partial charge in [-0.25, -0.2) is 4.98 Å². The van der Waals surface area contributed by atoms with Crippen molar-refractivity contribution in [1.82, 2.24) is 9.97 Å². The fourth-order valence-electron chi connectivity index (χ4n) is 2.48. The molecule has 0 amide bonds. The van der Waals surface area contributed by atoms with Crippen LogP contribution in [0.4, 0.5) is 0 Å². The summed E-state index contributed by atoms with van der Waals surface area (Å²) < 4.78 is 1.09. The first kappa shape index (κ1) is 13.2. The zero-order chi connectivity index (χ0) is 14.2. The van der Waals surface area contributed by atoms with E-state index in [0.29, 0.717) is 5.92 Å². The van der Waals surface area contributed by atoms with Crippen molar-refractivity contribution in [3.63, 3.8) is 0 Å². The Labute approximate surface area is 136 Å². The number of thiazole rings is 1. The highest BCUT2D eigenvalue weighted by Gasteiger charge is 2.27. The first-order valence-corrected chi connectivity index (χ1v) is 8.64. The highest BCUT2D eigenvalue weighted by Crippen LogP contribution is 2.44. The van der Waals surface area contributed by atoms with Crippen LogP contribution in [0.2, 0.25) is 0 Å². The van der Waals surface area contributed by atoms with Crippen LogP contribution in [0.15, 0.2) is 52.6 Å². The third kappa shape index (κ3) is 2.65. The van der Waals surface area contributed by atoms with Gasteiger partial charge < -0.3 is 0 Å². The van der Waals surface area contributed by atoms with Gasteiger partial charge in [-0.1, -0.05) is 28.1 Å². The van der Waals surface area contributed by atoms with Crippen LogP contribution in [-0.2, 0) is 0 Å².